The maximum absolute atomic E-state index is 13.6. The van der Waals surface area contributed by atoms with Crippen LogP contribution in [0.15, 0.2) is 58.9 Å². The van der Waals surface area contributed by atoms with E-state index in [1.165, 1.54) is 0 Å². The van der Waals surface area contributed by atoms with Crippen molar-refractivity contribution in [3.63, 3.8) is 0 Å². The normalized spacial score (nSPS) is 15.1. The van der Waals surface area contributed by atoms with Gasteiger partial charge in [0, 0.05) is 17.1 Å². The zero-order valence-corrected chi connectivity index (χ0v) is 20.4. The Morgan fingerprint density at radius 2 is 1.94 bits per heavy atom. The van der Waals surface area contributed by atoms with Gasteiger partial charge in [0.2, 0.25) is 11.1 Å². The van der Waals surface area contributed by atoms with Gasteiger partial charge in [0.15, 0.2) is 0 Å². The van der Waals surface area contributed by atoms with Gasteiger partial charge in [0.25, 0.3) is 5.91 Å². The summed E-state index contributed by atoms with van der Waals surface area (Å²) in [4.78, 5) is 18.3. The van der Waals surface area contributed by atoms with E-state index in [0.717, 1.165) is 46.0 Å². The highest BCUT2D eigenvalue weighted by molar-refractivity contribution is 7.99. The van der Waals surface area contributed by atoms with Gasteiger partial charge >= 0.3 is 0 Å². The smallest absolute Gasteiger partial charge is 0.255 e. The number of carbonyl (C=O) groups excluding carboxylic acids is 1. The van der Waals surface area contributed by atoms with E-state index in [4.69, 9.17) is 9.84 Å². The number of nitrogens with zero attached hydrogens (tertiary/aromatic N) is 3. The predicted molar refractivity (Wildman–Crippen MR) is 133 cm³/mol. The number of nitrogens with one attached hydrogen (secondary N) is 2. The van der Waals surface area contributed by atoms with Crippen LogP contribution in [0.1, 0.15) is 43.0 Å². The number of aryl methyl sites for hydroxylation is 2. The number of thioether (sulfide) groups is 1. The number of carbonyl (C=O) groups is 1. The number of allylic oxidation sites excluding steroid dienone is 1. The summed E-state index contributed by atoms with van der Waals surface area (Å²) >= 11 is 1.61. The minimum atomic E-state index is -0.415. The van der Waals surface area contributed by atoms with Crippen molar-refractivity contribution in [1.82, 2.24) is 14.8 Å². The molecule has 1 aliphatic heterocycles. The van der Waals surface area contributed by atoms with Crippen molar-refractivity contribution < 1.29 is 9.53 Å². The summed E-state index contributed by atoms with van der Waals surface area (Å²) in [6.07, 6.45) is 1.03. The molecule has 172 valence electrons. The van der Waals surface area contributed by atoms with Crippen LogP contribution in [-0.4, -0.2) is 33.5 Å². The molecule has 2 heterocycles. The number of benzene rings is 2. The molecule has 2 aromatic carbocycles. The second-order valence-electron chi connectivity index (χ2n) is 8.12. The van der Waals surface area contributed by atoms with Gasteiger partial charge in [-0.2, -0.15) is 4.98 Å². The minimum Gasteiger partial charge on any atom is -0.497 e. The molecule has 7 nitrogen and oxygen atoms in total. The molecule has 1 aromatic heterocycles. The summed E-state index contributed by atoms with van der Waals surface area (Å²) < 4.78 is 7.14. The van der Waals surface area contributed by atoms with Crippen LogP contribution in [-0.2, 0) is 4.79 Å². The molecule has 0 bridgehead atoms. The first-order chi connectivity index (χ1) is 15.9. The lowest BCUT2D eigenvalue weighted by Gasteiger charge is -2.29. The summed E-state index contributed by atoms with van der Waals surface area (Å²) in [5.41, 5.74) is 5.25. The van der Waals surface area contributed by atoms with E-state index in [0.29, 0.717) is 16.7 Å². The van der Waals surface area contributed by atoms with Gasteiger partial charge in [-0.3, -0.25) is 4.79 Å². The van der Waals surface area contributed by atoms with Gasteiger partial charge in [-0.1, -0.05) is 48.5 Å². The third kappa shape index (κ3) is 4.75. The molecule has 0 aliphatic carbocycles. The second kappa shape index (κ2) is 9.70. The number of aromatic nitrogens is 3. The van der Waals surface area contributed by atoms with Crippen molar-refractivity contribution in [2.45, 2.75) is 45.3 Å². The molecule has 0 saturated carbocycles. The highest BCUT2D eigenvalue weighted by atomic mass is 32.2. The van der Waals surface area contributed by atoms with E-state index < -0.39 is 6.04 Å². The van der Waals surface area contributed by atoms with Gasteiger partial charge in [-0.25, -0.2) is 4.68 Å². The van der Waals surface area contributed by atoms with Crippen molar-refractivity contribution in [3.8, 4) is 5.75 Å². The Bertz CT molecular complexity index is 1200. The van der Waals surface area contributed by atoms with E-state index >= 15 is 0 Å². The summed E-state index contributed by atoms with van der Waals surface area (Å²) in [6, 6.07) is 13.3. The fourth-order valence-electron chi connectivity index (χ4n) is 3.92. The maximum Gasteiger partial charge on any atom is 0.255 e. The van der Waals surface area contributed by atoms with Crippen LogP contribution >= 0.6 is 11.8 Å². The standard InChI is InChI=1S/C25H29N5O2S/c1-6-13-33-25-28-24-26-17(4)21(23(31)27-20-12-7-15(2)14-16(20)3)22(30(24)29-25)18-8-10-19(32-5)11-9-18/h7-12,14,22H,6,13H2,1-5H3,(H,27,31)(H,26,28,29). The van der Waals surface area contributed by atoms with Gasteiger partial charge in [-0.05, 0) is 56.5 Å². The number of rotatable bonds is 7. The Hall–Kier alpha value is -3.26. The lowest BCUT2D eigenvalue weighted by atomic mass is 9.94. The van der Waals surface area contributed by atoms with Crippen LogP contribution in [0.4, 0.5) is 11.6 Å². The van der Waals surface area contributed by atoms with Gasteiger partial charge in [0.1, 0.15) is 11.8 Å². The van der Waals surface area contributed by atoms with Gasteiger partial charge in [0.05, 0.1) is 12.7 Å². The highest BCUT2D eigenvalue weighted by Crippen LogP contribution is 2.37. The van der Waals surface area contributed by atoms with Gasteiger partial charge in [-0.15, -0.1) is 5.10 Å². The molecule has 0 fully saturated rings. The topological polar surface area (TPSA) is 81.1 Å². The van der Waals surface area contributed by atoms with Crippen molar-refractivity contribution in [2.24, 2.45) is 0 Å². The minimum absolute atomic E-state index is 0.170. The number of ether oxygens (including phenoxy) is 1. The molecule has 1 unspecified atom stereocenters. The number of amides is 1. The fourth-order valence-corrected chi connectivity index (χ4v) is 4.60. The molecule has 1 amide bonds. The monoisotopic (exact) mass is 463 g/mol. The van der Waals surface area contributed by atoms with Crippen LogP contribution in [0.5, 0.6) is 5.75 Å². The molecule has 0 spiro atoms. The molecule has 33 heavy (non-hydrogen) atoms. The zero-order valence-electron chi connectivity index (χ0n) is 19.6. The second-order valence-corrected chi connectivity index (χ2v) is 9.18. The summed E-state index contributed by atoms with van der Waals surface area (Å²) in [7, 11) is 1.64. The molecule has 4 rings (SSSR count). The lowest BCUT2D eigenvalue weighted by Crippen LogP contribution is -2.31. The molecular weight excluding hydrogens is 434 g/mol. The fraction of sp³-hybridized carbons (Fsp3) is 0.320. The van der Waals surface area contributed by atoms with E-state index in [2.05, 4.69) is 28.6 Å². The molecule has 2 N–H and O–H groups in total. The average molecular weight is 464 g/mol. The predicted octanol–water partition coefficient (Wildman–Crippen LogP) is 5.33. The summed E-state index contributed by atoms with van der Waals surface area (Å²) in [5.74, 6) is 2.16. The Morgan fingerprint density at radius 1 is 1.18 bits per heavy atom. The van der Waals surface area contributed by atoms with Crippen LogP contribution in [0.3, 0.4) is 0 Å². The molecule has 0 saturated heterocycles. The van der Waals surface area contributed by atoms with Crippen molar-refractivity contribution in [2.75, 3.05) is 23.5 Å². The van der Waals surface area contributed by atoms with E-state index in [1.54, 1.807) is 18.9 Å². The third-order valence-corrected chi connectivity index (χ3v) is 6.62. The van der Waals surface area contributed by atoms with Crippen LogP contribution in [0, 0.1) is 13.8 Å². The molecule has 1 atom stereocenters. The first kappa shape index (κ1) is 22.9. The number of hydrogen-bond acceptors (Lipinski definition) is 6. The quantitative estimate of drug-likeness (QED) is 0.461. The highest BCUT2D eigenvalue weighted by Gasteiger charge is 2.34. The Morgan fingerprint density at radius 3 is 2.61 bits per heavy atom. The Labute approximate surface area is 198 Å². The summed E-state index contributed by atoms with van der Waals surface area (Å²) in [6.45, 7) is 8.07. The Kier molecular flexibility index (Phi) is 6.74. The molecule has 1 aliphatic rings. The maximum atomic E-state index is 13.6. The first-order valence-electron chi connectivity index (χ1n) is 11.0. The van der Waals surface area contributed by atoms with Crippen LogP contribution < -0.4 is 15.4 Å². The van der Waals surface area contributed by atoms with Crippen LogP contribution in [0.25, 0.3) is 0 Å². The van der Waals surface area contributed by atoms with E-state index in [9.17, 15) is 4.79 Å². The molecular formula is C25H29N5O2S. The largest absolute Gasteiger partial charge is 0.497 e. The molecule has 8 heteroatoms. The first-order valence-corrected chi connectivity index (χ1v) is 12.0. The van der Waals surface area contributed by atoms with E-state index in [-0.39, 0.29) is 5.91 Å². The summed E-state index contributed by atoms with van der Waals surface area (Å²) in [5, 5.41) is 11.8. The number of fused-ring (bicyclic) bond motifs is 1. The average Bonchev–Trinajstić information content (AvgIpc) is 3.20. The number of anilines is 2. The van der Waals surface area contributed by atoms with Crippen molar-refractivity contribution in [1.29, 1.82) is 0 Å². The van der Waals surface area contributed by atoms with Crippen molar-refractivity contribution >= 4 is 29.3 Å². The van der Waals surface area contributed by atoms with Gasteiger partial charge < -0.3 is 15.4 Å². The molecule has 0 radical (unpaired) electrons. The molecule has 3 aromatic rings. The number of methoxy groups -OCH3 is 1. The van der Waals surface area contributed by atoms with Crippen LogP contribution in [0.2, 0.25) is 0 Å². The lowest BCUT2D eigenvalue weighted by molar-refractivity contribution is -0.113. The zero-order chi connectivity index (χ0) is 23.5. The number of hydrogen-bond donors (Lipinski definition) is 2. The van der Waals surface area contributed by atoms with Crippen molar-refractivity contribution in [3.05, 3.63) is 70.4 Å². The SMILES string of the molecule is CCCSc1nc2n(n1)C(c1ccc(OC)cc1)C(C(=O)Nc1ccc(C)cc1C)=C(C)N2. The van der Waals surface area contributed by atoms with E-state index in [1.807, 2.05) is 61.9 Å². The Balaban J connectivity index is 1.75. The third-order valence-electron chi connectivity index (χ3n) is 5.57.